The molecular formula is C7H16O4Si. The van der Waals surface area contributed by atoms with Crippen LogP contribution >= 0.6 is 0 Å². The SMILES string of the molecule is CCO[SiH2]OC(CC)OC(C)=O. The summed E-state index contributed by atoms with van der Waals surface area (Å²) >= 11 is 0. The minimum Gasteiger partial charge on any atom is -0.437 e. The molecule has 0 aromatic carbocycles. The van der Waals surface area contributed by atoms with Gasteiger partial charge in [-0.1, -0.05) is 6.92 Å². The highest BCUT2D eigenvalue weighted by Crippen LogP contribution is 1.99. The molecule has 0 aromatic rings. The predicted molar refractivity (Wildman–Crippen MR) is 47.1 cm³/mol. The van der Waals surface area contributed by atoms with E-state index in [2.05, 4.69) is 0 Å². The van der Waals surface area contributed by atoms with Crippen molar-refractivity contribution in [3.05, 3.63) is 0 Å². The van der Waals surface area contributed by atoms with Crippen molar-refractivity contribution in [3.8, 4) is 0 Å². The number of rotatable bonds is 6. The van der Waals surface area contributed by atoms with Gasteiger partial charge in [-0.2, -0.15) is 0 Å². The molecule has 12 heavy (non-hydrogen) atoms. The van der Waals surface area contributed by atoms with E-state index in [0.717, 1.165) is 0 Å². The Kier molecular flexibility index (Phi) is 7.03. The molecular weight excluding hydrogens is 176 g/mol. The second-order valence-electron chi connectivity index (χ2n) is 2.22. The summed E-state index contributed by atoms with van der Waals surface area (Å²) in [6.07, 6.45) is 0.250. The fourth-order valence-electron chi connectivity index (χ4n) is 0.628. The van der Waals surface area contributed by atoms with E-state index in [-0.39, 0.29) is 5.97 Å². The number of ether oxygens (including phenoxy) is 1. The molecule has 0 saturated carbocycles. The Balaban J connectivity index is 3.46. The van der Waals surface area contributed by atoms with Gasteiger partial charge in [0, 0.05) is 20.0 Å². The fourth-order valence-corrected chi connectivity index (χ4v) is 1.35. The molecule has 1 atom stereocenters. The quantitative estimate of drug-likeness (QED) is 0.263. The van der Waals surface area contributed by atoms with Crippen LogP contribution in [0, 0.1) is 0 Å². The third-order valence-electron chi connectivity index (χ3n) is 1.17. The number of carbonyl (C=O) groups is 1. The van der Waals surface area contributed by atoms with Crippen molar-refractivity contribution in [3.63, 3.8) is 0 Å². The third-order valence-corrected chi connectivity index (χ3v) is 2.25. The molecule has 1 unspecified atom stereocenters. The van der Waals surface area contributed by atoms with Crippen molar-refractivity contribution < 1.29 is 18.4 Å². The lowest BCUT2D eigenvalue weighted by Crippen LogP contribution is -2.22. The summed E-state index contributed by atoms with van der Waals surface area (Å²) in [5.74, 6) is -0.313. The minimum atomic E-state index is -0.967. The lowest BCUT2D eigenvalue weighted by atomic mass is 10.5. The average Bonchev–Trinajstić information content (AvgIpc) is 2.02. The zero-order valence-corrected chi connectivity index (χ0v) is 9.25. The largest absolute Gasteiger partial charge is 0.437 e. The number of esters is 1. The van der Waals surface area contributed by atoms with Gasteiger partial charge in [-0.3, -0.25) is 4.79 Å². The monoisotopic (exact) mass is 192 g/mol. The zero-order chi connectivity index (χ0) is 9.40. The zero-order valence-electron chi connectivity index (χ0n) is 7.83. The summed E-state index contributed by atoms with van der Waals surface area (Å²) in [4.78, 5) is 10.5. The third kappa shape index (κ3) is 6.33. The molecule has 0 aromatic heterocycles. The Bertz CT molecular complexity index is 129. The molecule has 4 nitrogen and oxygen atoms in total. The van der Waals surface area contributed by atoms with Crippen LogP contribution in [0.25, 0.3) is 0 Å². The summed E-state index contributed by atoms with van der Waals surface area (Å²) in [6.45, 7) is 5.83. The smallest absolute Gasteiger partial charge is 0.307 e. The number of carbonyl (C=O) groups excluding carboxylic acids is 1. The van der Waals surface area contributed by atoms with Gasteiger partial charge in [0.05, 0.1) is 0 Å². The Labute approximate surface area is 75.3 Å². The summed E-state index contributed by atoms with van der Waals surface area (Å²) < 4.78 is 15.1. The molecule has 0 heterocycles. The normalized spacial score (nSPS) is 13.6. The lowest BCUT2D eigenvalue weighted by molar-refractivity contribution is -0.162. The molecule has 0 aliphatic carbocycles. The Morgan fingerprint density at radius 3 is 2.58 bits per heavy atom. The first-order valence-electron chi connectivity index (χ1n) is 4.07. The molecule has 72 valence electrons. The van der Waals surface area contributed by atoms with E-state index < -0.39 is 16.3 Å². The maximum atomic E-state index is 10.5. The second kappa shape index (κ2) is 7.27. The molecule has 0 rings (SSSR count). The molecule has 0 fully saturated rings. The van der Waals surface area contributed by atoms with Crippen molar-refractivity contribution in [2.45, 2.75) is 33.5 Å². The average molecular weight is 192 g/mol. The Hall–Kier alpha value is -0.393. The van der Waals surface area contributed by atoms with Crippen LogP contribution < -0.4 is 0 Å². The lowest BCUT2D eigenvalue weighted by Gasteiger charge is -2.15. The summed E-state index contributed by atoms with van der Waals surface area (Å²) in [6, 6.07) is 0. The first kappa shape index (κ1) is 11.6. The molecule has 0 saturated heterocycles. The fraction of sp³-hybridized carbons (Fsp3) is 0.857. The van der Waals surface area contributed by atoms with Crippen LogP contribution in [0.15, 0.2) is 0 Å². The van der Waals surface area contributed by atoms with Crippen LogP contribution in [-0.4, -0.2) is 28.9 Å². The van der Waals surface area contributed by atoms with E-state index in [0.29, 0.717) is 13.0 Å². The molecule has 5 heteroatoms. The maximum Gasteiger partial charge on any atom is 0.307 e. The van der Waals surface area contributed by atoms with Gasteiger partial charge in [0.25, 0.3) is 0 Å². The first-order chi connectivity index (χ1) is 5.70. The highest BCUT2D eigenvalue weighted by Gasteiger charge is 2.08. The van der Waals surface area contributed by atoms with E-state index in [1.165, 1.54) is 6.92 Å². The van der Waals surface area contributed by atoms with E-state index in [1.54, 1.807) is 0 Å². The molecule has 0 amide bonds. The van der Waals surface area contributed by atoms with Gasteiger partial charge in [0.1, 0.15) is 0 Å². The summed E-state index contributed by atoms with van der Waals surface area (Å²) in [5.41, 5.74) is 0. The minimum absolute atomic E-state index is 0.313. The molecule has 0 aliphatic heterocycles. The Morgan fingerprint density at radius 1 is 1.50 bits per heavy atom. The first-order valence-corrected chi connectivity index (χ1v) is 5.22. The Morgan fingerprint density at radius 2 is 2.17 bits per heavy atom. The molecule has 0 bridgehead atoms. The summed E-state index contributed by atoms with van der Waals surface area (Å²) in [5, 5.41) is 0. The van der Waals surface area contributed by atoms with Crippen molar-refractivity contribution in [1.29, 1.82) is 0 Å². The van der Waals surface area contributed by atoms with E-state index in [1.807, 2.05) is 13.8 Å². The van der Waals surface area contributed by atoms with Crippen LogP contribution in [0.5, 0.6) is 0 Å². The molecule has 0 radical (unpaired) electrons. The van der Waals surface area contributed by atoms with Crippen LogP contribution in [0.3, 0.4) is 0 Å². The van der Waals surface area contributed by atoms with Gasteiger partial charge in [-0.25, -0.2) is 0 Å². The number of hydrogen-bond donors (Lipinski definition) is 0. The van der Waals surface area contributed by atoms with Crippen molar-refractivity contribution in [2.24, 2.45) is 0 Å². The van der Waals surface area contributed by atoms with Crippen LogP contribution in [0.4, 0.5) is 0 Å². The van der Waals surface area contributed by atoms with Crippen LogP contribution in [0.2, 0.25) is 0 Å². The maximum absolute atomic E-state index is 10.5. The van der Waals surface area contributed by atoms with Gasteiger partial charge in [-0.15, -0.1) is 0 Å². The predicted octanol–water partition coefficient (Wildman–Crippen LogP) is 0.337. The van der Waals surface area contributed by atoms with Crippen molar-refractivity contribution in [1.82, 2.24) is 0 Å². The highest BCUT2D eigenvalue weighted by atomic mass is 28.3. The van der Waals surface area contributed by atoms with Gasteiger partial charge < -0.3 is 13.6 Å². The second-order valence-corrected chi connectivity index (χ2v) is 3.20. The molecule has 0 spiro atoms. The van der Waals surface area contributed by atoms with E-state index in [4.69, 9.17) is 13.6 Å². The standard InChI is InChI=1S/C7H16O4Si/c1-4-7(10-6(3)8)11-12-9-5-2/h7H,4-5,12H2,1-3H3. The van der Waals surface area contributed by atoms with Gasteiger partial charge in [0.2, 0.25) is 0 Å². The van der Waals surface area contributed by atoms with Crippen LogP contribution in [0.1, 0.15) is 27.2 Å². The van der Waals surface area contributed by atoms with E-state index >= 15 is 0 Å². The van der Waals surface area contributed by atoms with Crippen molar-refractivity contribution >= 4 is 16.0 Å². The van der Waals surface area contributed by atoms with Crippen LogP contribution in [-0.2, 0) is 18.4 Å². The van der Waals surface area contributed by atoms with Gasteiger partial charge >= 0.3 is 16.0 Å². The summed E-state index contributed by atoms with van der Waals surface area (Å²) in [7, 11) is -0.967. The van der Waals surface area contributed by atoms with Gasteiger partial charge in [0.15, 0.2) is 6.29 Å². The highest BCUT2D eigenvalue weighted by molar-refractivity contribution is 6.18. The van der Waals surface area contributed by atoms with E-state index in [9.17, 15) is 4.79 Å². The van der Waals surface area contributed by atoms with Crippen molar-refractivity contribution in [2.75, 3.05) is 6.61 Å². The molecule has 0 aliphatic rings. The van der Waals surface area contributed by atoms with Gasteiger partial charge in [-0.05, 0) is 6.92 Å². The molecule has 0 N–H and O–H groups in total. The topological polar surface area (TPSA) is 44.8 Å². The number of hydrogen-bond acceptors (Lipinski definition) is 4.